The summed E-state index contributed by atoms with van der Waals surface area (Å²) in [6, 6.07) is 0. The molecule has 0 aromatic carbocycles. The van der Waals surface area contributed by atoms with E-state index in [1.165, 1.54) is 22.6 Å². The molecule has 0 N–H and O–H groups in total. The highest BCUT2D eigenvalue weighted by Gasteiger charge is 2.37. The predicted octanol–water partition coefficient (Wildman–Crippen LogP) is 2.42. The minimum Gasteiger partial charge on any atom is -0.386 e. The van der Waals surface area contributed by atoms with E-state index in [-0.39, 0.29) is 0 Å². The first kappa shape index (κ1) is 16.2. The Morgan fingerprint density at radius 1 is 1.47 bits per heavy atom. The lowest BCUT2D eigenvalue weighted by atomic mass is 10.4. The molecule has 0 amide bonds. The first-order chi connectivity index (χ1) is 8.43. The normalized spacial score (nSPS) is 12.3. The molecule has 0 aliphatic carbocycles. The molecule has 1 aromatic heterocycles. The summed E-state index contributed by atoms with van der Waals surface area (Å²) in [5, 5.41) is 10.6. The van der Waals surface area contributed by atoms with E-state index in [0.29, 0.717) is 6.20 Å². The van der Waals surface area contributed by atoms with Gasteiger partial charge in [-0.15, -0.1) is 13.2 Å². The standard InChI is InChI=1S/C6HClF3IN2O5S/c7-19(16,17)4-3(11)2(13(14)15)1-12-5(4)18-6(8,9)10/h1H. The van der Waals surface area contributed by atoms with E-state index < -0.39 is 40.4 Å². The van der Waals surface area contributed by atoms with Crippen molar-refractivity contribution in [2.75, 3.05) is 0 Å². The largest absolute Gasteiger partial charge is 0.574 e. The molecule has 1 heterocycles. The molecule has 1 aromatic rings. The number of aromatic nitrogens is 1. The maximum atomic E-state index is 12.1. The zero-order valence-corrected chi connectivity index (χ0v) is 12.0. The lowest BCUT2D eigenvalue weighted by Crippen LogP contribution is -2.20. The second kappa shape index (κ2) is 5.24. The van der Waals surface area contributed by atoms with Crippen molar-refractivity contribution < 1.29 is 31.2 Å². The lowest BCUT2D eigenvalue weighted by Gasteiger charge is -2.11. The van der Waals surface area contributed by atoms with E-state index in [1.807, 2.05) is 0 Å². The Kier molecular flexibility index (Phi) is 4.46. The fourth-order valence-electron chi connectivity index (χ4n) is 0.966. The molecule has 0 radical (unpaired) electrons. The minimum absolute atomic E-state index is 0.439. The summed E-state index contributed by atoms with van der Waals surface area (Å²) in [7, 11) is 0.212. The number of hydrogen-bond donors (Lipinski definition) is 0. The third-order valence-electron chi connectivity index (χ3n) is 1.58. The van der Waals surface area contributed by atoms with Crippen molar-refractivity contribution in [2.45, 2.75) is 11.3 Å². The molecule has 0 aliphatic rings. The van der Waals surface area contributed by atoms with Gasteiger partial charge in [-0.3, -0.25) is 10.1 Å². The van der Waals surface area contributed by atoms with E-state index >= 15 is 0 Å². The van der Waals surface area contributed by atoms with Crippen LogP contribution in [-0.4, -0.2) is 24.7 Å². The van der Waals surface area contributed by atoms with Crippen LogP contribution in [0.4, 0.5) is 18.9 Å². The Morgan fingerprint density at radius 2 is 2.00 bits per heavy atom. The predicted molar refractivity (Wildman–Crippen MR) is 63.3 cm³/mol. The number of hydrogen-bond acceptors (Lipinski definition) is 6. The summed E-state index contributed by atoms with van der Waals surface area (Å²) >= 11 is 1.17. The van der Waals surface area contributed by atoms with E-state index in [9.17, 15) is 31.7 Å². The topological polar surface area (TPSA) is 99.4 Å². The molecule has 0 fully saturated rings. The summed E-state index contributed by atoms with van der Waals surface area (Å²) in [5.74, 6) is -1.38. The van der Waals surface area contributed by atoms with Gasteiger partial charge in [-0.1, -0.05) is 0 Å². The van der Waals surface area contributed by atoms with Crippen LogP contribution in [0.15, 0.2) is 11.1 Å². The Hall–Kier alpha value is -0.890. The molecule has 0 aliphatic heterocycles. The van der Waals surface area contributed by atoms with Gasteiger partial charge in [-0.05, 0) is 22.6 Å². The average Bonchev–Trinajstić information content (AvgIpc) is 2.11. The fourth-order valence-corrected chi connectivity index (χ4v) is 3.84. The van der Waals surface area contributed by atoms with Crippen molar-refractivity contribution in [3.63, 3.8) is 0 Å². The molecular weight excluding hydrogens is 431 g/mol. The Morgan fingerprint density at radius 3 is 2.37 bits per heavy atom. The lowest BCUT2D eigenvalue weighted by molar-refractivity contribution is -0.386. The average molecular weight is 433 g/mol. The van der Waals surface area contributed by atoms with Crippen LogP contribution >= 0.6 is 33.3 Å². The molecule has 7 nitrogen and oxygen atoms in total. The molecule has 0 atom stereocenters. The van der Waals surface area contributed by atoms with Gasteiger partial charge in [0, 0.05) is 10.7 Å². The molecular formula is C6HClF3IN2O5S. The maximum Gasteiger partial charge on any atom is 0.574 e. The summed E-state index contributed by atoms with van der Waals surface area (Å²) in [6.45, 7) is 0. The molecule has 1 rings (SSSR count). The summed E-state index contributed by atoms with van der Waals surface area (Å²) in [5.41, 5.74) is -0.811. The second-order valence-corrected chi connectivity index (χ2v) is 6.42. The Labute approximate surface area is 121 Å². The molecule has 0 saturated carbocycles. The van der Waals surface area contributed by atoms with Crippen LogP contribution in [0, 0.1) is 13.7 Å². The van der Waals surface area contributed by atoms with E-state index in [0.717, 1.165) is 0 Å². The number of alkyl halides is 3. The highest BCUT2D eigenvalue weighted by Crippen LogP contribution is 2.37. The summed E-state index contributed by atoms with van der Waals surface area (Å²) in [6.07, 6.45) is -4.78. The van der Waals surface area contributed by atoms with Crippen LogP contribution in [0.25, 0.3) is 0 Å². The number of nitrogens with zero attached hydrogens (tertiary/aromatic N) is 2. The van der Waals surface area contributed by atoms with Gasteiger partial charge < -0.3 is 4.74 Å². The summed E-state index contributed by atoms with van der Waals surface area (Å²) in [4.78, 5) is 11.3. The summed E-state index contributed by atoms with van der Waals surface area (Å²) < 4.78 is 61.3. The van der Waals surface area contributed by atoms with Gasteiger partial charge >= 0.3 is 12.0 Å². The molecule has 0 saturated heterocycles. The van der Waals surface area contributed by atoms with Gasteiger partial charge in [-0.2, -0.15) is 0 Å². The van der Waals surface area contributed by atoms with Gasteiger partial charge in [0.15, 0.2) is 4.90 Å². The molecule has 106 valence electrons. The first-order valence-corrected chi connectivity index (χ1v) is 7.35. The van der Waals surface area contributed by atoms with Crippen molar-refractivity contribution in [1.82, 2.24) is 4.98 Å². The van der Waals surface area contributed by atoms with Crippen LogP contribution in [0.1, 0.15) is 0 Å². The number of rotatable bonds is 3. The van der Waals surface area contributed by atoms with Gasteiger partial charge in [0.2, 0.25) is 5.88 Å². The zero-order valence-electron chi connectivity index (χ0n) is 8.31. The third kappa shape index (κ3) is 4.04. The molecule has 0 bridgehead atoms. The zero-order chi connectivity index (χ0) is 15.0. The van der Waals surface area contributed by atoms with Crippen LogP contribution in [-0.2, 0) is 9.05 Å². The highest BCUT2D eigenvalue weighted by molar-refractivity contribution is 14.1. The number of ether oxygens (including phenoxy) is 1. The van der Waals surface area contributed by atoms with Gasteiger partial charge in [0.05, 0.1) is 4.92 Å². The van der Waals surface area contributed by atoms with Crippen molar-refractivity contribution in [1.29, 1.82) is 0 Å². The van der Waals surface area contributed by atoms with E-state index in [2.05, 4.69) is 9.72 Å². The highest BCUT2D eigenvalue weighted by atomic mass is 127. The van der Waals surface area contributed by atoms with Crippen LogP contribution in [0.5, 0.6) is 5.88 Å². The number of nitro groups is 1. The van der Waals surface area contributed by atoms with Crippen LogP contribution in [0.2, 0.25) is 0 Å². The minimum atomic E-state index is -5.22. The first-order valence-electron chi connectivity index (χ1n) is 3.97. The van der Waals surface area contributed by atoms with E-state index in [4.69, 9.17) is 10.7 Å². The van der Waals surface area contributed by atoms with Crippen molar-refractivity contribution in [3.05, 3.63) is 19.9 Å². The van der Waals surface area contributed by atoms with Gasteiger partial charge in [0.1, 0.15) is 9.77 Å². The molecule has 0 unspecified atom stereocenters. The molecule has 0 spiro atoms. The molecule has 19 heavy (non-hydrogen) atoms. The second-order valence-electron chi connectivity index (χ2n) is 2.83. The van der Waals surface area contributed by atoms with E-state index in [1.54, 1.807) is 0 Å². The monoisotopic (exact) mass is 432 g/mol. The van der Waals surface area contributed by atoms with Crippen LogP contribution in [0.3, 0.4) is 0 Å². The van der Waals surface area contributed by atoms with Crippen LogP contribution < -0.4 is 4.74 Å². The van der Waals surface area contributed by atoms with Crippen molar-refractivity contribution in [3.8, 4) is 5.88 Å². The quantitative estimate of drug-likeness (QED) is 0.315. The Bertz CT molecular complexity index is 634. The SMILES string of the molecule is O=[N+]([O-])c1cnc(OC(F)(F)F)c(S(=O)(=O)Cl)c1I. The fraction of sp³-hybridized carbons (Fsp3) is 0.167. The number of pyridine rings is 1. The Balaban J connectivity index is 3.59. The van der Waals surface area contributed by atoms with Crippen molar-refractivity contribution in [2.24, 2.45) is 0 Å². The van der Waals surface area contributed by atoms with Gasteiger partial charge in [-0.25, -0.2) is 13.4 Å². The smallest absolute Gasteiger partial charge is 0.386 e. The third-order valence-corrected chi connectivity index (χ3v) is 4.36. The van der Waals surface area contributed by atoms with Crippen molar-refractivity contribution >= 4 is 48.0 Å². The maximum absolute atomic E-state index is 12.1. The van der Waals surface area contributed by atoms with Gasteiger partial charge in [0.25, 0.3) is 9.05 Å². The number of halogens is 5. The molecule has 13 heteroatoms.